The monoisotopic (exact) mass is 383 g/mol. The number of nitrogens with one attached hydrogen (secondary N) is 2. The molecular weight excluding hydrogens is 350 g/mol. The molecule has 2 N–H and O–H groups in total. The van der Waals surface area contributed by atoms with Crippen molar-refractivity contribution in [1.82, 2.24) is 10.0 Å². The van der Waals surface area contributed by atoms with Crippen molar-refractivity contribution in [2.75, 3.05) is 5.23 Å². The van der Waals surface area contributed by atoms with E-state index in [9.17, 15) is 13.2 Å². The van der Waals surface area contributed by atoms with Crippen LogP contribution < -0.4 is 10.5 Å². The number of para-hydroxylation sites is 1. The Labute approximate surface area is 162 Å². The zero-order valence-corrected chi connectivity index (χ0v) is 17.6. The van der Waals surface area contributed by atoms with E-state index < -0.39 is 18.9 Å². The second-order valence-electron chi connectivity index (χ2n) is 9.83. The molecule has 1 aromatic carbocycles. The molecule has 0 radical (unpaired) electrons. The predicted molar refractivity (Wildman–Crippen MR) is 108 cm³/mol. The van der Waals surface area contributed by atoms with E-state index in [0.717, 1.165) is 25.3 Å². The number of nitrogens with zero attached hydrogens (tertiary/aromatic N) is 1. The van der Waals surface area contributed by atoms with Crippen molar-refractivity contribution in [2.45, 2.75) is 90.5 Å². The van der Waals surface area contributed by atoms with Gasteiger partial charge in [-0.15, -0.1) is 0 Å². The fraction of sp³-hybridized carbons (Fsp3) is 0.700. The van der Waals surface area contributed by atoms with Crippen molar-refractivity contribution >= 4 is 12.8 Å². The number of piperidine rings is 1. The summed E-state index contributed by atoms with van der Waals surface area (Å²) >= 11 is 0. The number of hydrogen-bond acceptors (Lipinski definition) is 3. The first-order valence-corrected chi connectivity index (χ1v) is 9.63. The summed E-state index contributed by atoms with van der Waals surface area (Å²) in [5.74, 6) is 0. The van der Waals surface area contributed by atoms with E-state index in [-0.39, 0.29) is 22.3 Å². The van der Waals surface area contributed by atoms with Gasteiger partial charge in [-0.3, -0.25) is 4.81 Å². The molecule has 152 valence electrons. The zero-order chi connectivity index (χ0) is 20.7. The van der Waals surface area contributed by atoms with Gasteiger partial charge in [0.2, 0.25) is 0 Å². The van der Waals surface area contributed by atoms with Gasteiger partial charge in [-0.1, -0.05) is 12.1 Å². The first-order valence-electron chi connectivity index (χ1n) is 9.63. The minimum Gasteiger partial charge on any atom is -0.400 e. The third kappa shape index (κ3) is 5.41. The molecule has 7 heteroatoms. The molecule has 3 nitrogen and oxygen atoms in total. The normalized spacial score (nSPS) is 20.4. The Morgan fingerprint density at radius 3 is 1.96 bits per heavy atom. The minimum absolute atomic E-state index is 0.101. The van der Waals surface area contributed by atoms with Gasteiger partial charge in [-0.25, -0.2) is 0 Å². The van der Waals surface area contributed by atoms with Crippen molar-refractivity contribution in [3.63, 3.8) is 0 Å². The summed E-state index contributed by atoms with van der Waals surface area (Å²) in [5.41, 5.74) is -1.10. The summed E-state index contributed by atoms with van der Waals surface area (Å²) in [4.78, 5) is 2.31. The predicted octanol–water partition coefficient (Wildman–Crippen LogP) is 5.53. The molecule has 1 fully saturated rings. The lowest BCUT2D eigenvalue weighted by atomic mass is 9.68. The summed E-state index contributed by atoms with van der Waals surface area (Å²) in [6.45, 7) is 14.8. The molecule has 0 aliphatic carbocycles. The van der Waals surface area contributed by atoms with Gasteiger partial charge in [0.05, 0.1) is 5.56 Å². The molecular formula is C20H33BF3N3. The fourth-order valence-corrected chi connectivity index (χ4v) is 4.29. The maximum absolute atomic E-state index is 13.5. The molecule has 1 aromatic rings. The van der Waals surface area contributed by atoms with Crippen molar-refractivity contribution in [3.05, 3.63) is 29.8 Å². The number of halogens is 3. The van der Waals surface area contributed by atoms with Gasteiger partial charge in [0.1, 0.15) is 0 Å². The molecule has 1 aliphatic heterocycles. The van der Waals surface area contributed by atoms with Crippen molar-refractivity contribution in [3.8, 4) is 0 Å². The highest BCUT2D eigenvalue weighted by Crippen LogP contribution is 2.40. The topological polar surface area (TPSA) is 27.3 Å². The highest BCUT2D eigenvalue weighted by Gasteiger charge is 2.48. The lowest BCUT2D eigenvalue weighted by Gasteiger charge is -2.56. The highest BCUT2D eigenvalue weighted by atomic mass is 19.4. The smallest absolute Gasteiger partial charge is 0.400 e. The Hall–Kier alpha value is -1.21. The van der Waals surface area contributed by atoms with Crippen molar-refractivity contribution < 1.29 is 13.2 Å². The number of anilines is 1. The fourth-order valence-electron chi connectivity index (χ4n) is 4.29. The van der Waals surface area contributed by atoms with E-state index >= 15 is 0 Å². The van der Waals surface area contributed by atoms with Crippen molar-refractivity contribution in [1.29, 1.82) is 0 Å². The zero-order valence-electron chi connectivity index (χ0n) is 17.6. The van der Waals surface area contributed by atoms with Gasteiger partial charge in [0.15, 0.2) is 0 Å². The number of benzene rings is 1. The Bertz CT molecular complexity index is 635. The van der Waals surface area contributed by atoms with Crippen LogP contribution in [0.2, 0.25) is 0 Å². The highest BCUT2D eigenvalue weighted by molar-refractivity contribution is 6.57. The van der Waals surface area contributed by atoms with E-state index in [2.05, 4.69) is 43.0 Å². The summed E-state index contributed by atoms with van der Waals surface area (Å²) in [6.07, 6.45) is -1.29. The number of hydrogen-bond donors (Lipinski definition) is 2. The third-order valence-electron chi connectivity index (χ3n) is 5.23. The van der Waals surface area contributed by atoms with Crippen LogP contribution in [-0.4, -0.2) is 28.5 Å². The van der Waals surface area contributed by atoms with Crippen LogP contribution in [0.25, 0.3) is 0 Å². The summed E-state index contributed by atoms with van der Waals surface area (Å²) < 4.78 is 40.5. The molecule has 1 aliphatic rings. The van der Waals surface area contributed by atoms with Gasteiger partial charge in [-0.2, -0.15) is 13.2 Å². The standard InChI is InChI=1S/C20H33BF3N3/c1-17(2,3)26-21(27-18(4,5)13-10-14-19(27,6)7)25-16-12-9-8-11-15(16)20(22,23)24/h8-9,11-12,25-26H,10,13-14H2,1-7H3. The minimum atomic E-state index is -4.40. The van der Waals surface area contributed by atoms with Crippen LogP contribution in [0.4, 0.5) is 18.9 Å². The van der Waals surface area contributed by atoms with Crippen LogP contribution in [0, 0.1) is 0 Å². The van der Waals surface area contributed by atoms with E-state index in [1.807, 2.05) is 20.8 Å². The lowest BCUT2D eigenvalue weighted by molar-refractivity contribution is -0.136. The molecule has 1 heterocycles. The third-order valence-corrected chi connectivity index (χ3v) is 5.23. The maximum Gasteiger partial charge on any atom is 0.432 e. The Morgan fingerprint density at radius 2 is 1.48 bits per heavy atom. The Kier molecular flexibility index (Phi) is 5.99. The van der Waals surface area contributed by atoms with Gasteiger partial charge in [-0.05, 0) is 79.9 Å². The molecule has 0 bridgehead atoms. The van der Waals surface area contributed by atoms with Crippen LogP contribution >= 0.6 is 0 Å². The molecule has 1 saturated heterocycles. The molecule has 0 atom stereocenters. The largest absolute Gasteiger partial charge is 0.432 e. The first kappa shape index (κ1) is 22.1. The maximum atomic E-state index is 13.5. The molecule has 2 rings (SSSR count). The van der Waals surface area contributed by atoms with E-state index in [1.54, 1.807) is 6.07 Å². The van der Waals surface area contributed by atoms with E-state index in [1.165, 1.54) is 12.1 Å². The van der Waals surface area contributed by atoms with Gasteiger partial charge < -0.3 is 10.5 Å². The van der Waals surface area contributed by atoms with Gasteiger partial charge in [0.25, 0.3) is 0 Å². The first-order chi connectivity index (χ1) is 12.1. The van der Waals surface area contributed by atoms with Crippen LogP contribution in [0.15, 0.2) is 24.3 Å². The SMILES string of the molecule is CC(C)(C)NB(Nc1ccccc1C(F)(F)F)N1C(C)(C)CCCC1(C)C. The second-order valence-corrected chi connectivity index (χ2v) is 9.83. The second kappa shape index (κ2) is 7.32. The summed E-state index contributed by atoms with van der Waals surface area (Å²) in [7, 11) is -0.432. The number of alkyl halides is 3. The van der Waals surface area contributed by atoms with Crippen molar-refractivity contribution in [2.24, 2.45) is 0 Å². The van der Waals surface area contributed by atoms with E-state index in [4.69, 9.17) is 0 Å². The molecule has 27 heavy (non-hydrogen) atoms. The Morgan fingerprint density at radius 1 is 0.963 bits per heavy atom. The van der Waals surface area contributed by atoms with Crippen LogP contribution in [0.5, 0.6) is 0 Å². The van der Waals surface area contributed by atoms with Gasteiger partial charge >= 0.3 is 13.3 Å². The number of rotatable bonds is 4. The van der Waals surface area contributed by atoms with Crippen LogP contribution in [0.1, 0.15) is 73.3 Å². The molecule has 0 unspecified atom stereocenters. The molecule has 0 saturated carbocycles. The van der Waals surface area contributed by atoms with Crippen LogP contribution in [-0.2, 0) is 6.18 Å². The van der Waals surface area contributed by atoms with Gasteiger partial charge in [0, 0.05) is 22.3 Å². The lowest BCUT2D eigenvalue weighted by Crippen LogP contribution is -2.73. The van der Waals surface area contributed by atoms with E-state index in [0.29, 0.717) is 0 Å². The van der Waals surface area contributed by atoms with Crippen LogP contribution in [0.3, 0.4) is 0 Å². The Balaban J connectivity index is 2.48. The average Bonchev–Trinajstić information content (AvgIpc) is 2.42. The summed E-state index contributed by atoms with van der Waals surface area (Å²) in [6, 6.07) is 5.69. The molecule has 0 amide bonds. The summed E-state index contributed by atoms with van der Waals surface area (Å²) in [5, 5.41) is 6.70. The quantitative estimate of drug-likeness (QED) is 0.669. The average molecular weight is 383 g/mol. The molecule has 0 aromatic heterocycles. The molecule has 0 spiro atoms.